The van der Waals surface area contributed by atoms with Gasteiger partial charge in [0.25, 0.3) is 0 Å². The van der Waals surface area contributed by atoms with Crippen LogP contribution in [0.5, 0.6) is 11.5 Å². The second-order valence-electron chi connectivity index (χ2n) is 3.66. The average Bonchev–Trinajstić information content (AvgIpc) is 2.80. The van der Waals surface area contributed by atoms with Crippen LogP contribution < -0.4 is 4.74 Å². The van der Waals surface area contributed by atoms with Crippen LogP contribution >= 0.6 is 22.9 Å². The Morgan fingerprint density at radius 3 is 2.78 bits per heavy atom. The van der Waals surface area contributed by atoms with Gasteiger partial charge < -0.3 is 9.84 Å². The molecule has 2 aromatic rings. The molecule has 18 heavy (non-hydrogen) atoms. The van der Waals surface area contributed by atoms with Crippen LogP contribution in [-0.2, 0) is 6.42 Å². The van der Waals surface area contributed by atoms with Gasteiger partial charge in [-0.2, -0.15) is 0 Å². The average molecular weight is 283 g/mol. The molecule has 0 amide bonds. The molecule has 1 aromatic heterocycles. The van der Waals surface area contributed by atoms with Gasteiger partial charge in [-0.05, 0) is 30.2 Å². The van der Waals surface area contributed by atoms with Crippen LogP contribution in [0.15, 0.2) is 29.6 Å². The van der Waals surface area contributed by atoms with Crippen LogP contribution in [-0.4, -0.2) is 11.1 Å². The van der Waals surface area contributed by atoms with Crippen molar-refractivity contribution in [3.8, 4) is 11.5 Å². The van der Waals surface area contributed by atoms with Crippen molar-refractivity contribution in [1.29, 1.82) is 0 Å². The van der Waals surface area contributed by atoms with Gasteiger partial charge in [-0.3, -0.25) is 0 Å². The summed E-state index contributed by atoms with van der Waals surface area (Å²) in [4.78, 5) is 11.0. The summed E-state index contributed by atoms with van der Waals surface area (Å²) in [5.41, 5.74) is 1.00. The van der Waals surface area contributed by atoms with Gasteiger partial charge in [-0.1, -0.05) is 18.5 Å². The zero-order chi connectivity index (χ0) is 13.1. The number of thiophene rings is 1. The summed E-state index contributed by atoms with van der Waals surface area (Å²) >= 11 is 7.15. The molecule has 1 aromatic carbocycles. The van der Waals surface area contributed by atoms with E-state index in [1.165, 1.54) is 6.07 Å². The first kappa shape index (κ1) is 12.9. The van der Waals surface area contributed by atoms with Gasteiger partial charge in [0, 0.05) is 16.5 Å². The minimum atomic E-state index is -0.944. The number of carboxylic acid groups (broad SMARTS) is 1. The van der Waals surface area contributed by atoms with Crippen LogP contribution in [0.4, 0.5) is 0 Å². The Hall–Kier alpha value is -1.52. The van der Waals surface area contributed by atoms with Crippen molar-refractivity contribution < 1.29 is 14.6 Å². The number of halogens is 1. The Balaban J connectivity index is 2.20. The van der Waals surface area contributed by atoms with E-state index in [1.807, 2.05) is 13.0 Å². The fourth-order valence-corrected chi connectivity index (χ4v) is 2.40. The highest BCUT2D eigenvalue weighted by Crippen LogP contribution is 2.29. The molecule has 0 bridgehead atoms. The predicted molar refractivity (Wildman–Crippen MR) is 72.2 cm³/mol. The lowest BCUT2D eigenvalue weighted by atomic mass is 10.1. The van der Waals surface area contributed by atoms with Gasteiger partial charge in [-0.25, -0.2) is 4.79 Å². The molecule has 3 nitrogen and oxygen atoms in total. The van der Waals surface area contributed by atoms with E-state index in [0.29, 0.717) is 16.5 Å². The van der Waals surface area contributed by atoms with E-state index < -0.39 is 5.97 Å². The Bertz CT molecular complexity index is 577. The number of benzene rings is 1. The number of hydrogen-bond acceptors (Lipinski definition) is 3. The van der Waals surface area contributed by atoms with E-state index in [0.717, 1.165) is 23.3 Å². The largest absolute Gasteiger partial charge is 0.477 e. The summed E-state index contributed by atoms with van der Waals surface area (Å²) in [5, 5.41) is 11.2. The summed E-state index contributed by atoms with van der Waals surface area (Å²) in [5.74, 6) is 0.243. The van der Waals surface area contributed by atoms with Gasteiger partial charge in [-0.15, -0.1) is 11.3 Å². The lowest BCUT2D eigenvalue weighted by Gasteiger charge is -2.06. The first-order valence-corrected chi connectivity index (χ1v) is 6.64. The molecule has 1 N–H and O–H groups in total. The Morgan fingerprint density at radius 2 is 2.17 bits per heavy atom. The number of carboxylic acids is 1. The maximum atomic E-state index is 10.7. The van der Waals surface area contributed by atoms with Crippen molar-refractivity contribution in [3.05, 3.63) is 45.1 Å². The third-order valence-corrected chi connectivity index (χ3v) is 3.69. The van der Waals surface area contributed by atoms with Crippen LogP contribution in [0.1, 0.15) is 22.2 Å². The van der Waals surface area contributed by atoms with Crippen LogP contribution in [0.25, 0.3) is 0 Å². The summed E-state index contributed by atoms with van der Waals surface area (Å²) in [6.07, 6.45) is 0.819. The van der Waals surface area contributed by atoms with E-state index in [2.05, 4.69) is 0 Å². The third kappa shape index (κ3) is 2.83. The lowest BCUT2D eigenvalue weighted by molar-refractivity contribution is 0.0702. The van der Waals surface area contributed by atoms with E-state index in [-0.39, 0.29) is 4.88 Å². The van der Waals surface area contributed by atoms with Gasteiger partial charge >= 0.3 is 5.97 Å². The summed E-state index contributed by atoms with van der Waals surface area (Å²) in [6.45, 7) is 2.01. The molecule has 0 saturated heterocycles. The molecule has 0 atom stereocenters. The minimum Gasteiger partial charge on any atom is -0.477 e. The van der Waals surface area contributed by atoms with Crippen molar-refractivity contribution in [3.63, 3.8) is 0 Å². The predicted octanol–water partition coefficient (Wildman–Crippen LogP) is 4.45. The molecule has 0 unspecified atom stereocenters. The zero-order valence-corrected chi connectivity index (χ0v) is 11.2. The number of aryl methyl sites for hydroxylation is 1. The molecule has 0 aliphatic rings. The quantitative estimate of drug-likeness (QED) is 0.901. The van der Waals surface area contributed by atoms with Crippen LogP contribution in [0.2, 0.25) is 5.02 Å². The van der Waals surface area contributed by atoms with Crippen molar-refractivity contribution in [1.82, 2.24) is 0 Å². The first-order valence-electron chi connectivity index (χ1n) is 5.38. The normalized spacial score (nSPS) is 10.3. The topological polar surface area (TPSA) is 46.5 Å². The molecular formula is C13H11ClO3S. The SMILES string of the molecule is CCc1cc(Oc2csc(C(=O)O)c2)ccc1Cl. The fraction of sp³-hybridized carbons (Fsp3) is 0.154. The molecule has 0 aliphatic heterocycles. The van der Waals surface area contributed by atoms with E-state index in [9.17, 15) is 4.79 Å². The maximum Gasteiger partial charge on any atom is 0.346 e. The molecule has 0 spiro atoms. The van der Waals surface area contributed by atoms with Crippen molar-refractivity contribution in [2.75, 3.05) is 0 Å². The second-order valence-corrected chi connectivity index (χ2v) is 4.98. The maximum absolute atomic E-state index is 10.7. The highest BCUT2D eigenvalue weighted by molar-refractivity contribution is 7.12. The molecule has 1 heterocycles. The van der Waals surface area contributed by atoms with Gasteiger partial charge in [0.15, 0.2) is 0 Å². The molecule has 0 fully saturated rings. The van der Waals surface area contributed by atoms with Crippen LogP contribution in [0.3, 0.4) is 0 Å². The van der Waals surface area contributed by atoms with Crippen molar-refractivity contribution in [2.45, 2.75) is 13.3 Å². The van der Waals surface area contributed by atoms with Gasteiger partial charge in [0.1, 0.15) is 16.4 Å². The van der Waals surface area contributed by atoms with Gasteiger partial charge in [0.2, 0.25) is 0 Å². The molecule has 94 valence electrons. The second kappa shape index (κ2) is 5.42. The van der Waals surface area contributed by atoms with Gasteiger partial charge in [0.05, 0.1) is 0 Å². The number of ether oxygens (including phenoxy) is 1. The van der Waals surface area contributed by atoms with Crippen molar-refractivity contribution >= 4 is 28.9 Å². The van der Waals surface area contributed by atoms with E-state index >= 15 is 0 Å². The minimum absolute atomic E-state index is 0.259. The smallest absolute Gasteiger partial charge is 0.346 e. The monoisotopic (exact) mass is 282 g/mol. The highest BCUT2D eigenvalue weighted by Gasteiger charge is 2.09. The fourth-order valence-electron chi connectivity index (χ4n) is 1.51. The Morgan fingerprint density at radius 1 is 1.39 bits per heavy atom. The number of carbonyl (C=O) groups is 1. The molecule has 2 rings (SSSR count). The van der Waals surface area contributed by atoms with Crippen LogP contribution in [0, 0.1) is 0 Å². The standard InChI is InChI=1S/C13H11ClO3S/c1-2-8-5-9(3-4-11(8)14)17-10-6-12(13(15)16)18-7-10/h3-7H,2H2,1H3,(H,15,16). The molecular weight excluding hydrogens is 272 g/mol. The summed E-state index contributed by atoms with van der Waals surface area (Å²) in [6, 6.07) is 6.91. The highest BCUT2D eigenvalue weighted by atomic mass is 35.5. The first-order chi connectivity index (χ1) is 8.60. The van der Waals surface area contributed by atoms with Crippen molar-refractivity contribution in [2.24, 2.45) is 0 Å². The summed E-state index contributed by atoms with van der Waals surface area (Å²) in [7, 11) is 0. The molecule has 0 saturated carbocycles. The Labute approximate surface area is 114 Å². The zero-order valence-electron chi connectivity index (χ0n) is 9.64. The molecule has 0 aliphatic carbocycles. The lowest BCUT2D eigenvalue weighted by Crippen LogP contribution is -1.90. The van der Waals surface area contributed by atoms with E-state index in [4.69, 9.17) is 21.4 Å². The Kier molecular flexibility index (Phi) is 3.89. The number of hydrogen-bond donors (Lipinski definition) is 1. The third-order valence-electron chi connectivity index (χ3n) is 2.42. The number of rotatable bonds is 4. The number of aromatic carboxylic acids is 1. The summed E-state index contributed by atoms with van der Waals surface area (Å²) < 4.78 is 5.60. The van der Waals surface area contributed by atoms with E-state index in [1.54, 1.807) is 17.5 Å². The molecule has 5 heteroatoms. The molecule has 0 radical (unpaired) electrons.